The second kappa shape index (κ2) is 4.66. The highest BCUT2D eigenvalue weighted by Crippen LogP contribution is 2.33. The number of rotatable bonds is 2. The number of H-pyrrole nitrogens is 1. The monoisotopic (exact) mass is 387 g/mol. The first-order valence-electron chi connectivity index (χ1n) is 3.48. The topological polar surface area (TPSA) is 67.0 Å². The van der Waals surface area contributed by atoms with Crippen LogP contribution >= 0.6 is 61.4 Å². The number of aromatic nitrogens is 1. The first-order chi connectivity index (χ1) is 7.03. The number of ketones is 1. The van der Waals surface area contributed by atoms with Gasteiger partial charge in [-0.1, -0.05) is 34.8 Å². The van der Waals surface area contributed by atoms with Crippen LogP contribution in [0.25, 0.3) is 0 Å². The summed E-state index contributed by atoms with van der Waals surface area (Å²) in [6.45, 7) is 0. The van der Waals surface area contributed by atoms with Crippen LogP contribution in [0.1, 0.15) is 10.5 Å². The molecule has 0 amide bonds. The van der Waals surface area contributed by atoms with Gasteiger partial charge in [-0.25, -0.2) is 8.42 Å². The maximum absolute atomic E-state index is 11.5. The molecule has 1 aromatic heterocycles. The van der Waals surface area contributed by atoms with Crippen molar-refractivity contribution in [3.05, 3.63) is 16.2 Å². The zero-order valence-electron chi connectivity index (χ0n) is 7.10. The van der Waals surface area contributed by atoms with E-state index in [1.165, 1.54) is 6.07 Å². The maximum atomic E-state index is 11.5. The van der Waals surface area contributed by atoms with Crippen molar-refractivity contribution in [1.29, 1.82) is 0 Å². The second-order valence-electron chi connectivity index (χ2n) is 2.62. The van der Waals surface area contributed by atoms with Gasteiger partial charge in [0, 0.05) is 10.7 Å². The Bertz CT molecular complexity index is 532. The molecular weight excluding hydrogens is 388 g/mol. The van der Waals surface area contributed by atoms with Crippen LogP contribution in [-0.2, 0) is 9.05 Å². The van der Waals surface area contributed by atoms with Crippen molar-refractivity contribution in [1.82, 2.24) is 4.98 Å². The van der Waals surface area contributed by atoms with E-state index in [2.05, 4.69) is 20.9 Å². The summed E-state index contributed by atoms with van der Waals surface area (Å²) < 4.78 is 20.0. The predicted molar refractivity (Wildman–Crippen MR) is 66.2 cm³/mol. The summed E-state index contributed by atoms with van der Waals surface area (Å²) in [5, 5.41) is -0.369. The number of nitrogens with one attached hydrogen (secondary N) is 1. The van der Waals surface area contributed by atoms with Crippen molar-refractivity contribution in [3.63, 3.8) is 0 Å². The van der Waals surface area contributed by atoms with Gasteiger partial charge in [-0.05, 0) is 22.0 Å². The SMILES string of the molecule is O=C(c1cc(Br)c(S(=O)(=O)Cl)[nH]1)C(Cl)(Cl)Cl. The number of hydrogen-bond acceptors (Lipinski definition) is 3. The van der Waals surface area contributed by atoms with E-state index in [1.807, 2.05) is 0 Å². The Balaban J connectivity index is 3.28. The highest BCUT2D eigenvalue weighted by Gasteiger charge is 2.34. The lowest BCUT2D eigenvalue weighted by atomic mass is 10.3. The summed E-state index contributed by atoms with van der Waals surface area (Å²) in [5.74, 6) is -0.884. The fraction of sp³-hybridized carbons (Fsp3) is 0.167. The molecule has 1 heterocycles. The first-order valence-corrected chi connectivity index (χ1v) is 7.72. The van der Waals surface area contributed by atoms with Crippen molar-refractivity contribution in [2.45, 2.75) is 8.82 Å². The van der Waals surface area contributed by atoms with Gasteiger partial charge >= 0.3 is 0 Å². The third-order valence-electron chi connectivity index (χ3n) is 1.48. The smallest absolute Gasteiger partial charge is 0.277 e. The van der Waals surface area contributed by atoms with Crippen LogP contribution in [0.2, 0.25) is 0 Å². The van der Waals surface area contributed by atoms with Crippen LogP contribution < -0.4 is 0 Å². The summed E-state index contributed by atoms with van der Waals surface area (Å²) in [7, 11) is 1.09. The summed E-state index contributed by atoms with van der Waals surface area (Å²) in [6.07, 6.45) is 0. The molecule has 16 heavy (non-hydrogen) atoms. The average molecular weight is 390 g/mol. The van der Waals surface area contributed by atoms with Crippen molar-refractivity contribution >= 4 is 76.2 Å². The van der Waals surface area contributed by atoms with E-state index in [4.69, 9.17) is 45.5 Å². The Labute approximate surface area is 119 Å². The zero-order chi connectivity index (χ0) is 12.7. The molecule has 0 saturated carbocycles. The van der Waals surface area contributed by atoms with Crippen LogP contribution in [0.15, 0.2) is 15.6 Å². The molecule has 90 valence electrons. The van der Waals surface area contributed by atoms with Gasteiger partial charge in [0.1, 0.15) is 0 Å². The van der Waals surface area contributed by atoms with Gasteiger partial charge in [0.15, 0.2) is 5.03 Å². The van der Waals surface area contributed by atoms with Crippen LogP contribution in [-0.4, -0.2) is 23.0 Å². The largest absolute Gasteiger partial charge is 0.341 e. The van der Waals surface area contributed by atoms with Crippen LogP contribution in [0.3, 0.4) is 0 Å². The molecule has 0 spiro atoms. The number of carbonyl (C=O) groups is 1. The molecule has 0 fully saturated rings. The molecular formula is C6H2BrCl4NO3S. The molecule has 4 nitrogen and oxygen atoms in total. The van der Waals surface area contributed by atoms with Gasteiger partial charge in [0.2, 0.25) is 5.78 Å². The summed E-state index contributed by atoms with van der Waals surface area (Å²) in [6, 6.07) is 1.17. The standard InChI is InChI=1S/C6H2BrCl4NO3S/c7-2-1-3(4(13)6(8,9)10)12-5(2)16(11,14)15/h1,12H. The number of Topliss-reactive ketones (excluding diaryl/α,β-unsaturated/α-hetero) is 1. The number of alkyl halides is 3. The lowest BCUT2D eigenvalue weighted by molar-refractivity contribution is 0.0992. The van der Waals surface area contributed by atoms with Gasteiger partial charge in [-0.15, -0.1) is 0 Å². The highest BCUT2D eigenvalue weighted by atomic mass is 79.9. The van der Waals surface area contributed by atoms with E-state index < -0.39 is 18.6 Å². The number of hydrogen-bond donors (Lipinski definition) is 1. The third kappa shape index (κ3) is 3.27. The van der Waals surface area contributed by atoms with Gasteiger partial charge < -0.3 is 4.98 Å². The van der Waals surface area contributed by atoms with Crippen molar-refractivity contribution in [3.8, 4) is 0 Å². The molecule has 0 radical (unpaired) electrons. The van der Waals surface area contributed by atoms with Crippen LogP contribution in [0.4, 0.5) is 0 Å². The van der Waals surface area contributed by atoms with E-state index in [1.54, 1.807) is 0 Å². The number of aromatic amines is 1. The molecule has 1 aromatic rings. The predicted octanol–water partition coefficient (Wildman–Crippen LogP) is 3.26. The Hall–Kier alpha value is 0.540. The normalized spacial score (nSPS) is 12.8. The van der Waals surface area contributed by atoms with E-state index >= 15 is 0 Å². The summed E-state index contributed by atoms with van der Waals surface area (Å²) >= 11 is 19.0. The lowest BCUT2D eigenvalue weighted by Crippen LogP contribution is -2.19. The minimum atomic E-state index is -4.00. The first kappa shape index (κ1) is 14.6. The fourth-order valence-corrected chi connectivity index (χ4v) is 3.30. The second-order valence-corrected chi connectivity index (χ2v) is 8.26. The summed E-state index contributed by atoms with van der Waals surface area (Å²) in [4.78, 5) is 13.7. The van der Waals surface area contributed by atoms with E-state index in [0.717, 1.165) is 0 Å². The third-order valence-corrected chi connectivity index (χ3v) is 4.16. The van der Waals surface area contributed by atoms with Crippen molar-refractivity contribution in [2.24, 2.45) is 0 Å². The van der Waals surface area contributed by atoms with Crippen LogP contribution in [0.5, 0.6) is 0 Å². The Morgan fingerprint density at radius 2 is 1.88 bits per heavy atom. The molecule has 1 rings (SSSR count). The molecule has 0 aliphatic carbocycles. The Morgan fingerprint density at radius 1 is 1.38 bits per heavy atom. The van der Waals surface area contributed by atoms with Gasteiger partial charge in [-0.2, -0.15) is 0 Å². The van der Waals surface area contributed by atoms with E-state index in [9.17, 15) is 13.2 Å². The van der Waals surface area contributed by atoms with Crippen LogP contribution in [0, 0.1) is 0 Å². The molecule has 0 atom stereocenters. The lowest BCUT2D eigenvalue weighted by Gasteiger charge is -2.06. The number of halogens is 5. The molecule has 10 heteroatoms. The molecule has 0 unspecified atom stereocenters. The van der Waals surface area contributed by atoms with Gasteiger partial charge in [-0.3, -0.25) is 4.79 Å². The highest BCUT2D eigenvalue weighted by molar-refractivity contribution is 9.10. The quantitative estimate of drug-likeness (QED) is 0.479. The summed E-state index contributed by atoms with van der Waals surface area (Å²) in [5.41, 5.74) is -0.175. The molecule has 0 bridgehead atoms. The molecule has 0 aliphatic heterocycles. The van der Waals surface area contributed by atoms with Gasteiger partial charge in [0.25, 0.3) is 12.8 Å². The number of carbonyl (C=O) groups excluding carboxylic acids is 1. The molecule has 0 saturated heterocycles. The Kier molecular flexibility index (Phi) is 4.26. The maximum Gasteiger partial charge on any atom is 0.277 e. The van der Waals surface area contributed by atoms with Crippen molar-refractivity contribution < 1.29 is 13.2 Å². The molecule has 0 aromatic carbocycles. The molecule has 1 N–H and O–H groups in total. The van der Waals surface area contributed by atoms with Crippen molar-refractivity contribution in [2.75, 3.05) is 0 Å². The zero-order valence-corrected chi connectivity index (χ0v) is 12.5. The Morgan fingerprint density at radius 3 is 2.19 bits per heavy atom. The van der Waals surface area contributed by atoms with Gasteiger partial charge in [0.05, 0.1) is 10.2 Å². The minimum absolute atomic E-state index is 0.0834. The van der Waals surface area contributed by atoms with E-state index in [-0.39, 0.29) is 15.2 Å². The minimum Gasteiger partial charge on any atom is -0.341 e. The average Bonchev–Trinajstić information content (AvgIpc) is 2.43. The molecule has 0 aliphatic rings. The fourth-order valence-electron chi connectivity index (χ4n) is 0.863. The van der Waals surface area contributed by atoms with E-state index in [0.29, 0.717) is 0 Å².